The van der Waals surface area contributed by atoms with Crippen molar-refractivity contribution < 1.29 is 32.9 Å². The number of sulfonamides is 1. The summed E-state index contributed by atoms with van der Waals surface area (Å²) in [5.74, 6) is 0.209. The van der Waals surface area contributed by atoms with Gasteiger partial charge in [0.1, 0.15) is 11.8 Å². The summed E-state index contributed by atoms with van der Waals surface area (Å²) in [6.07, 6.45) is -0.549. The van der Waals surface area contributed by atoms with Crippen LogP contribution in [-0.4, -0.2) is 62.6 Å². The first-order chi connectivity index (χ1) is 27.6. The second kappa shape index (κ2) is 18.2. The summed E-state index contributed by atoms with van der Waals surface area (Å²) >= 11 is 1.44. The summed E-state index contributed by atoms with van der Waals surface area (Å²) in [5.41, 5.74) is 5.77. The maximum absolute atomic E-state index is 13.6. The first-order valence-electron chi connectivity index (χ1n) is 18.3. The quantitative estimate of drug-likeness (QED) is 0.0935. The Kier molecular flexibility index (Phi) is 12.7. The van der Waals surface area contributed by atoms with Crippen molar-refractivity contribution in [1.29, 1.82) is 0 Å². The van der Waals surface area contributed by atoms with E-state index < -0.39 is 28.3 Å². The minimum atomic E-state index is -3.98. The van der Waals surface area contributed by atoms with E-state index in [1.807, 2.05) is 85.8 Å². The number of carbonyl (C=O) groups excluding carboxylic acids is 1. The predicted molar refractivity (Wildman–Crippen MR) is 214 cm³/mol. The highest BCUT2D eigenvalue weighted by molar-refractivity contribution is 7.99. The van der Waals surface area contributed by atoms with Crippen LogP contribution in [0, 0.1) is 6.92 Å². The Morgan fingerprint density at radius 3 is 2.25 bits per heavy atom. The third-order valence-corrected chi connectivity index (χ3v) is 12.0. The molecule has 1 saturated heterocycles. The van der Waals surface area contributed by atoms with Crippen LogP contribution in [0.1, 0.15) is 52.2 Å². The number of benzene rings is 5. The largest absolute Gasteiger partial charge is 0.508 e. The van der Waals surface area contributed by atoms with Gasteiger partial charge in [-0.05, 0) is 82.4 Å². The lowest BCUT2D eigenvalue weighted by Gasteiger charge is -2.36. The van der Waals surface area contributed by atoms with Gasteiger partial charge in [0.15, 0.2) is 6.29 Å². The van der Waals surface area contributed by atoms with Crippen molar-refractivity contribution in [2.24, 2.45) is 0 Å². The molecular formula is C42H42N6O7S2. The van der Waals surface area contributed by atoms with E-state index in [4.69, 9.17) is 9.47 Å². The van der Waals surface area contributed by atoms with Gasteiger partial charge in [0, 0.05) is 24.3 Å². The van der Waals surface area contributed by atoms with Crippen LogP contribution in [0.2, 0.25) is 0 Å². The van der Waals surface area contributed by atoms with Crippen molar-refractivity contribution in [3.05, 3.63) is 161 Å². The molecule has 4 atom stereocenters. The highest BCUT2D eigenvalue weighted by Gasteiger charge is 2.33. The summed E-state index contributed by atoms with van der Waals surface area (Å²) in [7, 11) is -3.98. The average molecular weight is 807 g/mol. The van der Waals surface area contributed by atoms with E-state index in [0.717, 1.165) is 33.4 Å². The highest BCUT2D eigenvalue weighted by atomic mass is 32.2. The second-order valence-corrected chi connectivity index (χ2v) is 16.4. The molecule has 0 radical (unpaired) electrons. The Morgan fingerprint density at radius 1 is 0.860 bits per heavy atom. The van der Waals surface area contributed by atoms with Crippen LogP contribution >= 0.6 is 11.8 Å². The monoisotopic (exact) mass is 806 g/mol. The van der Waals surface area contributed by atoms with E-state index in [-0.39, 0.29) is 42.4 Å². The zero-order valence-corrected chi connectivity index (χ0v) is 32.6. The molecule has 1 fully saturated rings. The number of aryl methyl sites for hydroxylation is 1. The molecule has 2 heterocycles. The molecular weight excluding hydrogens is 765 g/mol. The number of hydrogen-bond donors (Lipinski definition) is 4. The number of tetrazole rings is 1. The molecule has 57 heavy (non-hydrogen) atoms. The van der Waals surface area contributed by atoms with Crippen molar-refractivity contribution in [1.82, 2.24) is 30.2 Å². The van der Waals surface area contributed by atoms with Gasteiger partial charge in [-0.2, -0.15) is 9.40 Å². The Labute approximate surface area is 335 Å². The molecule has 7 rings (SSSR count). The number of phenols is 1. The first kappa shape index (κ1) is 39.8. The fraction of sp³-hybridized carbons (Fsp3) is 0.238. The van der Waals surface area contributed by atoms with Crippen LogP contribution in [0.5, 0.6) is 5.75 Å². The Bertz CT molecular complexity index is 2340. The summed E-state index contributed by atoms with van der Waals surface area (Å²) in [5, 5.41) is 35.0. The summed E-state index contributed by atoms with van der Waals surface area (Å²) in [6, 6.07) is 36.5. The number of phenolic OH excluding ortho intramolecular Hbond substituents is 1. The molecule has 13 nitrogen and oxygen atoms in total. The number of ether oxygens (including phenoxy) is 2. The van der Waals surface area contributed by atoms with Crippen LogP contribution in [0.4, 0.5) is 0 Å². The normalized spacial score (nSPS) is 17.5. The van der Waals surface area contributed by atoms with Crippen molar-refractivity contribution >= 4 is 27.7 Å². The number of aromatic nitrogens is 4. The SMILES string of the molecule is Cc1ccc(S(=O)(=O)N[C@H](Cc2ccccc2)C(=O)NCc2ccc(C3O[C@H](CSc4nnnn4-c4ccc(O)cc4)C[C@H](c4ccc(CO)cc4)O3)cc2)cc1. The Hall–Kier alpha value is -5.42. The number of aromatic hydroxyl groups is 1. The number of rotatable bonds is 15. The van der Waals surface area contributed by atoms with Gasteiger partial charge in [0.25, 0.3) is 0 Å². The zero-order chi connectivity index (χ0) is 39.8. The molecule has 0 bridgehead atoms. The molecule has 1 aliphatic heterocycles. The smallest absolute Gasteiger partial charge is 0.241 e. The number of aliphatic hydroxyl groups is 1. The fourth-order valence-corrected chi connectivity index (χ4v) is 8.43. The molecule has 15 heteroatoms. The standard InChI is InChI=1S/C42H42N6O7S2/c1-28-7-21-37(22-8-28)57(52,53)45-38(23-29-5-3-2-4-6-29)40(51)43-25-30-9-15-33(16-10-30)41-54-36(24-39(55-41)32-13-11-31(26-49)12-14-32)27-56-42-44-46-47-48(42)34-17-19-35(50)20-18-34/h2-22,36,38-39,41,45,49-50H,23-27H2,1H3,(H,43,51)/t36-,38+,39+,41?/m0/s1. The van der Waals surface area contributed by atoms with E-state index >= 15 is 0 Å². The lowest BCUT2D eigenvalue weighted by Crippen LogP contribution is -2.47. The van der Waals surface area contributed by atoms with Gasteiger partial charge in [-0.3, -0.25) is 4.79 Å². The molecule has 1 amide bonds. The molecule has 0 aliphatic carbocycles. The van der Waals surface area contributed by atoms with E-state index in [1.165, 1.54) is 23.9 Å². The van der Waals surface area contributed by atoms with Crippen LogP contribution in [0.15, 0.2) is 137 Å². The minimum absolute atomic E-state index is 0.0594. The zero-order valence-electron chi connectivity index (χ0n) is 31.0. The van der Waals surface area contributed by atoms with Crippen LogP contribution in [0.3, 0.4) is 0 Å². The molecule has 1 aromatic heterocycles. The number of hydrogen-bond acceptors (Lipinski definition) is 11. The van der Waals surface area contributed by atoms with Gasteiger partial charge in [-0.25, -0.2) is 8.42 Å². The molecule has 6 aromatic rings. The molecule has 294 valence electrons. The number of nitrogens with one attached hydrogen (secondary N) is 2. The van der Waals surface area contributed by atoms with E-state index in [2.05, 4.69) is 25.6 Å². The molecule has 1 aliphatic rings. The summed E-state index contributed by atoms with van der Waals surface area (Å²) < 4.78 is 43.9. The first-order valence-corrected chi connectivity index (χ1v) is 20.8. The molecule has 4 N–H and O–H groups in total. The summed E-state index contributed by atoms with van der Waals surface area (Å²) in [4.78, 5) is 13.7. The van der Waals surface area contributed by atoms with Crippen molar-refractivity contribution in [3.63, 3.8) is 0 Å². The van der Waals surface area contributed by atoms with Crippen molar-refractivity contribution in [2.75, 3.05) is 5.75 Å². The van der Waals surface area contributed by atoms with Crippen LogP contribution in [0.25, 0.3) is 5.69 Å². The third kappa shape index (κ3) is 10.3. The van der Waals surface area contributed by atoms with E-state index in [1.54, 1.807) is 41.1 Å². The topological polar surface area (TPSA) is 178 Å². The van der Waals surface area contributed by atoms with Crippen LogP contribution in [-0.2, 0) is 43.9 Å². The van der Waals surface area contributed by atoms with E-state index in [9.17, 15) is 23.4 Å². The van der Waals surface area contributed by atoms with Crippen molar-refractivity contribution in [3.8, 4) is 11.4 Å². The van der Waals surface area contributed by atoms with Gasteiger partial charge >= 0.3 is 0 Å². The van der Waals surface area contributed by atoms with Gasteiger partial charge in [-0.15, -0.1) is 5.10 Å². The molecule has 5 aromatic carbocycles. The Balaban J connectivity index is 1.04. The molecule has 0 saturated carbocycles. The second-order valence-electron chi connectivity index (χ2n) is 13.7. The highest BCUT2D eigenvalue weighted by Crippen LogP contribution is 2.39. The van der Waals surface area contributed by atoms with Gasteiger partial charge in [0.2, 0.25) is 21.1 Å². The molecule has 1 unspecified atom stereocenters. The number of aliphatic hydroxyl groups excluding tert-OH is 1. The van der Waals surface area contributed by atoms with Crippen molar-refractivity contribution in [2.45, 2.75) is 67.5 Å². The maximum Gasteiger partial charge on any atom is 0.241 e. The van der Waals surface area contributed by atoms with E-state index in [0.29, 0.717) is 23.0 Å². The van der Waals surface area contributed by atoms with Gasteiger partial charge < -0.3 is 25.0 Å². The number of nitrogens with zero attached hydrogens (tertiary/aromatic N) is 4. The minimum Gasteiger partial charge on any atom is -0.508 e. The molecule has 0 spiro atoms. The number of carbonyl (C=O) groups is 1. The predicted octanol–water partition coefficient (Wildman–Crippen LogP) is 5.71. The Morgan fingerprint density at radius 2 is 1.54 bits per heavy atom. The van der Waals surface area contributed by atoms with Gasteiger partial charge in [-0.1, -0.05) is 108 Å². The number of amides is 1. The maximum atomic E-state index is 13.6. The lowest BCUT2D eigenvalue weighted by molar-refractivity contribution is -0.245. The number of thioether (sulfide) groups is 1. The third-order valence-electron chi connectivity index (χ3n) is 9.49. The summed E-state index contributed by atoms with van der Waals surface area (Å²) in [6.45, 7) is 1.98. The average Bonchev–Trinajstić information content (AvgIpc) is 3.71. The fourth-order valence-electron chi connectivity index (χ4n) is 6.33. The van der Waals surface area contributed by atoms with Crippen LogP contribution < -0.4 is 10.0 Å². The van der Waals surface area contributed by atoms with Gasteiger partial charge in [0.05, 0.1) is 29.4 Å². The lowest BCUT2D eigenvalue weighted by atomic mass is 10.0.